The number of carbonyl (C=O) groups is 2. The maximum absolute atomic E-state index is 11.8. The molecule has 7 heteroatoms. The average molecular weight is 266 g/mol. The van der Waals surface area contributed by atoms with Crippen LogP contribution in [0.1, 0.15) is 28.8 Å². The van der Waals surface area contributed by atoms with E-state index in [2.05, 4.69) is 5.32 Å². The number of benzene rings is 1. The lowest BCUT2D eigenvalue weighted by molar-refractivity contribution is -0.384. The fourth-order valence-electron chi connectivity index (χ4n) is 1.50. The molecule has 7 nitrogen and oxygen atoms in total. The summed E-state index contributed by atoms with van der Waals surface area (Å²) in [6.07, 6.45) is 0.281. The molecule has 1 aromatic carbocycles. The zero-order valence-corrected chi connectivity index (χ0v) is 10.4. The monoisotopic (exact) mass is 266 g/mol. The normalized spacial score (nSPS) is 9.95. The average Bonchev–Trinajstić information content (AvgIpc) is 2.34. The number of nitro groups is 1. The Morgan fingerprint density at radius 2 is 2.11 bits per heavy atom. The number of aliphatic carboxylic acids is 1. The van der Waals surface area contributed by atoms with Crippen molar-refractivity contribution < 1.29 is 19.6 Å². The Hall–Kier alpha value is -2.44. The number of hydrogen-bond acceptors (Lipinski definition) is 4. The predicted octanol–water partition coefficient (Wildman–Crippen LogP) is 1.50. The molecule has 0 spiro atoms. The van der Waals surface area contributed by atoms with Crippen molar-refractivity contribution in [1.29, 1.82) is 0 Å². The van der Waals surface area contributed by atoms with E-state index >= 15 is 0 Å². The zero-order chi connectivity index (χ0) is 14.4. The number of rotatable bonds is 6. The highest BCUT2D eigenvalue weighted by molar-refractivity contribution is 5.96. The summed E-state index contributed by atoms with van der Waals surface area (Å²) in [5.74, 6) is -1.37. The van der Waals surface area contributed by atoms with Crippen LogP contribution in [-0.4, -0.2) is 28.5 Å². The molecule has 0 aliphatic carbocycles. The van der Waals surface area contributed by atoms with Gasteiger partial charge in [0.05, 0.1) is 4.92 Å². The smallest absolute Gasteiger partial charge is 0.303 e. The highest BCUT2D eigenvalue weighted by Gasteiger charge is 2.14. The van der Waals surface area contributed by atoms with E-state index in [4.69, 9.17) is 5.11 Å². The summed E-state index contributed by atoms with van der Waals surface area (Å²) in [7, 11) is 0. The van der Waals surface area contributed by atoms with Crippen LogP contribution >= 0.6 is 0 Å². The molecule has 102 valence electrons. The van der Waals surface area contributed by atoms with Gasteiger partial charge < -0.3 is 10.4 Å². The minimum absolute atomic E-state index is 0.0335. The Morgan fingerprint density at radius 3 is 2.68 bits per heavy atom. The lowest BCUT2D eigenvalue weighted by Crippen LogP contribution is -2.25. The molecule has 1 rings (SSSR count). The quantitative estimate of drug-likeness (QED) is 0.460. The van der Waals surface area contributed by atoms with Crippen molar-refractivity contribution in [3.05, 3.63) is 39.4 Å². The van der Waals surface area contributed by atoms with Crippen molar-refractivity contribution in [1.82, 2.24) is 5.32 Å². The van der Waals surface area contributed by atoms with E-state index in [0.717, 1.165) is 0 Å². The van der Waals surface area contributed by atoms with Crippen LogP contribution in [0.4, 0.5) is 5.69 Å². The molecule has 0 aliphatic heterocycles. The van der Waals surface area contributed by atoms with E-state index in [1.165, 1.54) is 18.2 Å². The highest BCUT2D eigenvalue weighted by atomic mass is 16.6. The number of aryl methyl sites for hydroxylation is 1. The molecule has 0 radical (unpaired) electrons. The number of hydrogen-bond donors (Lipinski definition) is 2. The van der Waals surface area contributed by atoms with Crippen LogP contribution in [0.15, 0.2) is 18.2 Å². The molecule has 0 aromatic heterocycles. The second kappa shape index (κ2) is 6.48. The molecular formula is C12H14N2O5. The van der Waals surface area contributed by atoms with Crippen molar-refractivity contribution in [2.24, 2.45) is 0 Å². The van der Waals surface area contributed by atoms with Crippen LogP contribution in [0.25, 0.3) is 0 Å². The van der Waals surface area contributed by atoms with Crippen molar-refractivity contribution in [3.63, 3.8) is 0 Å². The van der Waals surface area contributed by atoms with Gasteiger partial charge in [0.25, 0.3) is 11.6 Å². The summed E-state index contributed by atoms with van der Waals surface area (Å²) in [4.78, 5) is 32.2. The topological polar surface area (TPSA) is 110 Å². The third kappa shape index (κ3) is 4.38. The van der Waals surface area contributed by atoms with E-state index in [9.17, 15) is 19.7 Å². The van der Waals surface area contributed by atoms with Crippen LogP contribution in [0, 0.1) is 17.0 Å². The molecule has 0 unspecified atom stereocenters. The van der Waals surface area contributed by atoms with Crippen molar-refractivity contribution in [2.45, 2.75) is 19.8 Å². The number of carbonyl (C=O) groups excluding carboxylic acids is 1. The molecule has 0 saturated carbocycles. The maximum Gasteiger partial charge on any atom is 0.303 e. The molecular weight excluding hydrogens is 252 g/mol. The van der Waals surface area contributed by atoms with E-state index in [-0.39, 0.29) is 24.2 Å². The molecule has 0 saturated heterocycles. The molecule has 0 fully saturated rings. The number of amides is 1. The van der Waals surface area contributed by atoms with E-state index in [1.807, 2.05) is 0 Å². The van der Waals surface area contributed by atoms with Crippen molar-refractivity contribution in [2.75, 3.05) is 6.54 Å². The molecule has 19 heavy (non-hydrogen) atoms. The first-order valence-electron chi connectivity index (χ1n) is 5.67. The third-order valence-corrected chi connectivity index (χ3v) is 2.53. The largest absolute Gasteiger partial charge is 0.481 e. The first-order valence-corrected chi connectivity index (χ1v) is 5.67. The summed E-state index contributed by atoms with van der Waals surface area (Å²) >= 11 is 0. The summed E-state index contributed by atoms with van der Waals surface area (Å²) in [6, 6.07) is 4.04. The fourth-order valence-corrected chi connectivity index (χ4v) is 1.50. The molecule has 1 amide bonds. The molecule has 0 atom stereocenters. The number of nitrogens with zero attached hydrogens (tertiary/aromatic N) is 1. The van der Waals surface area contributed by atoms with Gasteiger partial charge in [-0.05, 0) is 18.9 Å². The van der Waals surface area contributed by atoms with E-state index < -0.39 is 16.8 Å². The molecule has 2 N–H and O–H groups in total. The summed E-state index contributed by atoms with van der Waals surface area (Å²) < 4.78 is 0. The first-order chi connectivity index (χ1) is 8.91. The lowest BCUT2D eigenvalue weighted by Gasteiger charge is -2.06. The van der Waals surface area contributed by atoms with Gasteiger partial charge in [-0.25, -0.2) is 0 Å². The summed E-state index contributed by atoms with van der Waals surface area (Å²) in [5, 5.41) is 21.6. The van der Waals surface area contributed by atoms with Crippen molar-refractivity contribution in [3.8, 4) is 0 Å². The highest BCUT2D eigenvalue weighted by Crippen LogP contribution is 2.17. The second-order valence-electron chi connectivity index (χ2n) is 4.01. The van der Waals surface area contributed by atoms with Gasteiger partial charge in [-0.2, -0.15) is 0 Å². The van der Waals surface area contributed by atoms with Crippen LogP contribution < -0.4 is 5.32 Å². The van der Waals surface area contributed by atoms with E-state index in [1.54, 1.807) is 6.92 Å². The predicted molar refractivity (Wildman–Crippen MR) is 67.0 cm³/mol. The SMILES string of the molecule is Cc1ccc([N+](=O)[O-])cc1C(=O)NCCCC(=O)O. The standard InChI is InChI=1S/C12H14N2O5/c1-8-4-5-9(14(18)19)7-10(8)12(17)13-6-2-3-11(15)16/h4-5,7H,2-3,6H2,1H3,(H,13,17)(H,15,16). The Bertz CT molecular complexity index is 513. The Morgan fingerprint density at radius 1 is 1.42 bits per heavy atom. The van der Waals surface area contributed by atoms with Gasteiger partial charge in [-0.15, -0.1) is 0 Å². The number of non-ortho nitro benzene ring substituents is 1. The van der Waals surface area contributed by atoms with E-state index in [0.29, 0.717) is 12.0 Å². The second-order valence-corrected chi connectivity index (χ2v) is 4.01. The summed E-state index contributed by atoms with van der Waals surface area (Å²) in [5.41, 5.74) is 0.701. The van der Waals surface area contributed by atoms with Crippen molar-refractivity contribution >= 4 is 17.6 Å². The van der Waals surface area contributed by atoms with Crippen LogP contribution in [0.5, 0.6) is 0 Å². The van der Waals surface area contributed by atoms with Crippen LogP contribution in [0.3, 0.4) is 0 Å². The molecule has 1 aromatic rings. The zero-order valence-electron chi connectivity index (χ0n) is 10.4. The fraction of sp³-hybridized carbons (Fsp3) is 0.333. The Kier molecular flexibility index (Phi) is 4.99. The molecule has 0 bridgehead atoms. The maximum atomic E-state index is 11.8. The number of carboxylic acid groups (broad SMARTS) is 1. The van der Waals surface area contributed by atoms with Gasteiger partial charge in [-0.3, -0.25) is 19.7 Å². The van der Waals surface area contributed by atoms with Crippen LogP contribution in [0.2, 0.25) is 0 Å². The van der Waals surface area contributed by atoms with Gasteiger partial charge in [0, 0.05) is 30.7 Å². The Balaban J connectivity index is 2.68. The van der Waals surface area contributed by atoms with Gasteiger partial charge in [-0.1, -0.05) is 6.07 Å². The van der Waals surface area contributed by atoms with Gasteiger partial charge in [0.1, 0.15) is 0 Å². The number of nitrogens with one attached hydrogen (secondary N) is 1. The number of carboxylic acids is 1. The van der Waals surface area contributed by atoms with Gasteiger partial charge in [0.15, 0.2) is 0 Å². The Labute approximate surface area is 109 Å². The number of nitro benzene ring substituents is 1. The minimum atomic E-state index is -0.930. The molecule has 0 aliphatic rings. The van der Waals surface area contributed by atoms with Crippen LogP contribution in [-0.2, 0) is 4.79 Å². The molecule has 0 heterocycles. The minimum Gasteiger partial charge on any atom is -0.481 e. The van der Waals surface area contributed by atoms with Gasteiger partial charge in [0.2, 0.25) is 0 Å². The first kappa shape index (κ1) is 14.6. The lowest BCUT2D eigenvalue weighted by atomic mass is 10.1. The summed E-state index contributed by atoms with van der Waals surface area (Å²) in [6.45, 7) is 1.89. The van der Waals surface area contributed by atoms with Gasteiger partial charge >= 0.3 is 5.97 Å². The third-order valence-electron chi connectivity index (χ3n) is 2.53.